The Hall–Kier alpha value is -1.57. The highest BCUT2D eigenvalue weighted by molar-refractivity contribution is 9.10. The van der Waals surface area contributed by atoms with Gasteiger partial charge in [-0.15, -0.1) is 0 Å². The van der Waals surface area contributed by atoms with Crippen molar-refractivity contribution < 1.29 is 17.9 Å². The van der Waals surface area contributed by atoms with Crippen LogP contribution >= 0.6 is 15.9 Å². The Morgan fingerprint density at radius 2 is 1.76 bits per heavy atom. The SMILES string of the molecule is COc1ccc(OC)c(CN(C2CC2)S(=O)(=O)c2ccc(Br)cc2)c1. The van der Waals surface area contributed by atoms with Gasteiger partial charge in [-0.2, -0.15) is 4.31 Å². The molecule has 2 aromatic carbocycles. The van der Waals surface area contributed by atoms with Crippen molar-refractivity contribution in [1.29, 1.82) is 0 Å². The molecule has 1 aliphatic rings. The van der Waals surface area contributed by atoms with Gasteiger partial charge in [-0.1, -0.05) is 15.9 Å². The Bertz CT molecular complexity index is 848. The maximum absolute atomic E-state index is 13.1. The van der Waals surface area contributed by atoms with E-state index < -0.39 is 10.0 Å². The van der Waals surface area contributed by atoms with E-state index in [9.17, 15) is 8.42 Å². The molecular formula is C18H20BrNO4S. The number of halogens is 1. The van der Waals surface area contributed by atoms with E-state index in [4.69, 9.17) is 9.47 Å². The van der Waals surface area contributed by atoms with Crippen LogP contribution in [0.1, 0.15) is 18.4 Å². The summed E-state index contributed by atoms with van der Waals surface area (Å²) in [6.45, 7) is 0.253. The van der Waals surface area contributed by atoms with Crippen LogP contribution in [-0.2, 0) is 16.6 Å². The van der Waals surface area contributed by atoms with Crippen LogP contribution in [-0.4, -0.2) is 33.0 Å². The quantitative estimate of drug-likeness (QED) is 0.676. The van der Waals surface area contributed by atoms with Gasteiger partial charge < -0.3 is 9.47 Å². The van der Waals surface area contributed by atoms with Crippen LogP contribution < -0.4 is 9.47 Å². The summed E-state index contributed by atoms with van der Waals surface area (Å²) in [6, 6.07) is 12.2. The highest BCUT2D eigenvalue weighted by Gasteiger charge is 2.38. The average molecular weight is 426 g/mol. The van der Waals surface area contributed by atoms with Crippen LogP contribution in [0.3, 0.4) is 0 Å². The summed E-state index contributed by atoms with van der Waals surface area (Å²) in [7, 11) is -0.416. The molecule has 0 atom stereocenters. The van der Waals surface area contributed by atoms with Crippen molar-refractivity contribution in [2.45, 2.75) is 30.3 Å². The minimum absolute atomic E-state index is 0.0320. The first kappa shape index (κ1) is 18.2. The van der Waals surface area contributed by atoms with E-state index in [1.807, 2.05) is 6.07 Å². The van der Waals surface area contributed by atoms with Crippen LogP contribution in [0, 0.1) is 0 Å². The maximum atomic E-state index is 13.1. The van der Waals surface area contributed by atoms with E-state index in [1.165, 1.54) is 0 Å². The molecule has 0 aliphatic heterocycles. The molecule has 0 radical (unpaired) electrons. The molecule has 0 heterocycles. The molecule has 1 aliphatic carbocycles. The summed E-state index contributed by atoms with van der Waals surface area (Å²) in [6.07, 6.45) is 1.75. The Morgan fingerprint density at radius 1 is 1.08 bits per heavy atom. The lowest BCUT2D eigenvalue weighted by atomic mass is 10.2. The number of rotatable bonds is 7. The number of nitrogens with zero attached hydrogens (tertiary/aromatic N) is 1. The summed E-state index contributed by atoms with van der Waals surface area (Å²) in [5.41, 5.74) is 0.787. The standard InChI is InChI=1S/C18H20BrNO4S/c1-23-16-7-10-18(24-2)13(11-16)12-20(15-5-6-15)25(21,22)17-8-3-14(19)4-9-17/h3-4,7-11,15H,5-6,12H2,1-2H3. The molecule has 134 valence electrons. The van der Waals surface area contributed by atoms with Gasteiger partial charge in [0.25, 0.3) is 0 Å². The zero-order valence-corrected chi connectivity index (χ0v) is 16.5. The number of hydrogen-bond donors (Lipinski definition) is 0. The zero-order valence-electron chi connectivity index (χ0n) is 14.1. The topological polar surface area (TPSA) is 55.8 Å². The third-order valence-electron chi connectivity index (χ3n) is 4.19. The van der Waals surface area contributed by atoms with Gasteiger partial charge in [0.05, 0.1) is 19.1 Å². The summed E-state index contributed by atoms with van der Waals surface area (Å²) in [4.78, 5) is 0.296. The third kappa shape index (κ3) is 3.99. The van der Waals surface area contributed by atoms with Gasteiger partial charge >= 0.3 is 0 Å². The molecule has 0 bridgehead atoms. The van der Waals surface area contributed by atoms with Crippen molar-refractivity contribution in [2.24, 2.45) is 0 Å². The number of hydrogen-bond acceptors (Lipinski definition) is 4. The highest BCUT2D eigenvalue weighted by atomic mass is 79.9. The largest absolute Gasteiger partial charge is 0.497 e. The van der Waals surface area contributed by atoms with Crippen molar-refractivity contribution in [3.05, 3.63) is 52.5 Å². The van der Waals surface area contributed by atoms with Crippen LogP contribution in [0.4, 0.5) is 0 Å². The van der Waals surface area contributed by atoms with E-state index in [0.29, 0.717) is 16.4 Å². The fourth-order valence-corrected chi connectivity index (χ4v) is 4.62. The molecule has 3 rings (SSSR count). The molecule has 0 N–H and O–H groups in total. The van der Waals surface area contributed by atoms with Gasteiger partial charge in [-0.3, -0.25) is 0 Å². The van der Waals surface area contributed by atoms with Crippen molar-refractivity contribution in [3.8, 4) is 11.5 Å². The van der Waals surface area contributed by atoms with Crippen molar-refractivity contribution in [1.82, 2.24) is 4.31 Å². The second kappa shape index (κ2) is 7.35. The Balaban J connectivity index is 1.96. The molecule has 25 heavy (non-hydrogen) atoms. The minimum Gasteiger partial charge on any atom is -0.497 e. The van der Waals surface area contributed by atoms with Crippen LogP contribution in [0.25, 0.3) is 0 Å². The van der Waals surface area contributed by atoms with E-state index in [1.54, 1.807) is 54.9 Å². The Morgan fingerprint density at radius 3 is 2.32 bits per heavy atom. The van der Waals surface area contributed by atoms with Gasteiger partial charge in [0.15, 0.2) is 0 Å². The monoisotopic (exact) mass is 425 g/mol. The number of methoxy groups -OCH3 is 2. The van der Waals surface area contributed by atoms with Crippen LogP contribution in [0.15, 0.2) is 51.8 Å². The first-order valence-electron chi connectivity index (χ1n) is 7.94. The molecule has 7 heteroatoms. The smallest absolute Gasteiger partial charge is 0.243 e. The molecule has 2 aromatic rings. The van der Waals surface area contributed by atoms with E-state index >= 15 is 0 Å². The summed E-state index contributed by atoms with van der Waals surface area (Å²) >= 11 is 3.34. The molecule has 0 aromatic heterocycles. The maximum Gasteiger partial charge on any atom is 0.243 e. The van der Waals surface area contributed by atoms with Gasteiger partial charge in [0.2, 0.25) is 10.0 Å². The fourth-order valence-electron chi connectivity index (χ4n) is 2.69. The lowest BCUT2D eigenvalue weighted by Crippen LogP contribution is -2.32. The Labute approximate surface area is 156 Å². The normalized spacial score (nSPS) is 14.6. The summed E-state index contributed by atoms with van der Waals surface area (Å²) in [5.74, 6) is 1.32. The van der Waals surface area contributed by atoms with E-state index in [-0.39, 0.29) is 12.6 Å². The minimum atomic E-state index is -3.58. The number of ether oxygens (including phenoxy) is 2. The molecule has 5 nitrogen and oxygen atoms in total. The van der Waals surface area contributed by atoms with Crippen molar-refractivity contribution in [2.75, 3.05) is 14.2 Å². The molecule has 0 unspecified atom stereocenters. The second-order valence-electron chi connectivity index (χ2n) is 5.91. The third-order valence-corrected chi connectivity index (χ3v) is 6.63. The lowest BCUT2D eigenvalue weighted by Gasteiger charge is -2.23. The van der Waals surface area contributed by atoms with Gasteiger partial charge in [-0.05, 0) is 55.3 Å². The predicted molar refractivity (Wildman–Crippen MR) is 99.4 cm³/mol. The van der Waals surface area contributed by atoms with Gasteiger partial charge in [0, 0.05) is 22.6 Å². The molecular weight excluding hydrogens is 406 g/mol. The molecule has 1 fully saturated rings. The molecule has 0 spiro atoms. The van der Waals surface area contributed by atoms with Gasteiger partial charge in [-0.25, -0.2) is 8.42 Å². The summed E-state index contributed by atoms with van der Waals surface area (Å²) in [5, 5.41) is 0. The lowest BCUT2D eigenvalue weighted by molar-refractivity contribution is 0.369. The van der Waals surface area contributed by atoms with Crippen molar-refractivity contribution in [3.63, 3.8) is 0 Å². The molecule has 0 amide bonds. The first-order valence-corrected chi connectivity index (χ1v) is 10.2. The Kier molecular flexibility index (Phi) is 5.36. The van der Waals surface area contributed by atoms with Crippen molar-refractivity contribution >= 4 is 26.0 Å². The molecule has 1 saturated carbocycles. The predicted octanol–water partition coefficient (Wildman–Crippen LogP) is 3.82. The average Bonchev–Trinajstić information content (AvgIpc) is 3.44. The van der Waals surface area contributed by atoms with Crippen LogP contribution in [0.5, 0.6) is 11.5 Å². The fraction of sp³-hybridized carbons (Fsp3) is 0.333. The van der Waals surface area contributed by atoms with Crippen LogP contribution in [0.2, 0.25) is 0 Å². The van der Waals surface area contributed by atoms with E-state index in [0.717, 1.165) is 22.9 Å². The second-order valence-corrected chi connectivity index (χ2v) is 8.72. The number of sulfonamides is 1. The number of benzene rings is 2. The highest BCUT2D eigenvalue weighted by Crippen LogP contribution is 2.36. The van der Waals surface area contributed by atoms with E-state index in [2.05, 4.69) is 15.9 Å². The summed E-state index contributed by atoms with van der Waals surface area (Å²) < 4.78 is 39.3. The van der Waals surface area contributed by atoms with Gasteiger partial charge in [0.1, 0.15) is 11.5 Å². The molecule has 0 saturated heterocycles. The first-order chi connectivity index (χ1) is 12.0. The zero-order chi connectivity index (χ0) is 18.0.